The summed E-state index contributed by atoms with van der Waals surface area (Å²) >= 11 is 1.58. The van der Waals surface area contributed by atoms with E-state index in [1.807, 2.05) is 0 Å². The first-order valence-corrected chi connectivity index (χ1v) is 7.69. The lowest BCUT2D eigenvalue weighted by atomic mass is 9.97. The lowest BCUT2D eigenvalue weighted by molar-refractivity contribution is -0.141. The number of carboxylic acid groups (broad SMARTS) is 1. The maximum atomic E-state index is 12.6. The molecule has 2 aromatic heterocycles. The molecule has 0 aromatic carbocycles. The Morgan fingerprint density at radius 1 is 1.50 bits per heavy atom. The second kappa shape index (κ2) is 5.01. The van der Waals surface area contributed by atoms with E-state index in [9.17, 15) is 14.7 Å². The van der Waals surface area contributed by atoms with Gasteiger partial charge in [-0.25, -0.2) is 9.78 Å². The molecule has 0 bridgehead atoms. The smallest absolute Gasteiger partial charge is 0.326 e. The number of hydrogen-bond donors (Lipinski definition) is 1. The van der Waals surface area contributed by atoms with E-state index in [0.717, 1.165) is 36.1 Å². The number of carboxylic acids is 1. The van der Waals surface area contributed by atoms with E-state index in [1.54, 1.807) is 18.3 Å². The molecule has 20 heavy (non-hydrogen) atoms. The second-order valence-corrected chi connectivity index (χ2v) is 6.19. The molecule has 5 nitrogen and oxygen atoms in total. The minimum atomic E-state index is -0.986. The lowest BCUT2D eigenvalue weighted by Gasteiger charge is -2.14. The number of aliphatic carboxylic acids is 1. The molecule has 0 radical (unpaired) electrons. The number of nitrogens with zero attached hydrogens (tertiary/aromatic N) is 2. The molecular weight excluding hydrogens is 276 g/mol. The predicted octanol–water partition coefficient (Wildman–Crippen LogP) is 2.37. The van der Waals surface area contributed by atoms with E-state index < -0.39 is 12.0 Å². The molecular formula is C14H16N2O3S. The van der Waals surface area contributed by atoms with Gasteiger partial charge in [-0.3, -0.25) is 9.36 Å². The molecule has 0 spiro atoms. The zero-order valence-electron chi connectivity index (χ0n) is 11.3. The molecule has 3 rings (SSSR count). The van der Waals surface area contributed by atoms with Crippen LogP contribution in [0.5, 0.6) is 0 Å². The van der Waals surface area contributed by atoms with Gasteiger partial charge in [-0.15, -0.1) is 11.3 Å². The van der Waals surface area contributed by atoms with Crippen molar-refractivity contribution in [1.29, 1.82) is 0 Å². The standard InChI is InChI=1S/C14H16N2O3S/c1-2-9(14(18)19)16-7-15-12-11(13(16)17)8-5-3-4-6-10(8)20-12/h7,9H,2-6H2,1H3,(H,18,19)/t9-/m0/s1. The Morgan fingerprint density at radius 2 is 2.25 bits per heavy atom. The Morgan fingerprint density at radius 3 is 2.95 bits per heavy atom. The molecule has 0 aliphatic heterocycles. The molecule has 0 saturated carbocycles. The van der Waals surface area contributed by atoms with Crippen molar-refractivity contribution in [3.05, 3.63) is 27.1 Å². The van der Waals surface area contributed by atoms with Gasteiger partial charge in [-0.1, -0.05) is 6.92 Å². The van der Waals surface area contributed by atoms with Gasteiger partial charge in [0, 0.05) is 4.88 Å². The number of rotatable bonds is 3. The van der Waals surface area contributed by atoms with Crippen LogP contribution in [0.25, 0.3) is 10.2 Å². The highest BCUT2D eigenvalue weighted by molar-refractivity contribution is 7.18. The highest BCUT2D eigenvalue weighted by Gasteiger charge is 2.24. The Balaban J connectivity index is 2.24. The summed E-state index contributed by atoms with van der Waals surface area (Å²) in [6, 6.07) is -0.835. The van der Waals surface area contributed by atoms with Crippen LogP contribution < -0.4 is 5.56 Å². The average molecular weight is 292 g/mol. The molecule has 2 aromatic rings. The first-order chi connectivity index (χ1) is 9.63. The van der Waals surface area contributed by atoms with Crippen molar-refractivity contribution in [3.8, 4) is 0 Å². The normalized spacial score (nSPS) is 16.1. The van der Waals surface area contributed by atoms with Gasteiger partial charge >= 0.3 is 5.97 Å². The summed E-state index contributed by atoms with van der Waals surface area (Å²) in [5.74, 6) is -0.986. The fourth-order valence-electron chi connectivity index (χ4n) is 2.87. The van der Waals surface area contributed by atoms with Gasteiger partial charge in [-0.05, 0) is 37.7 Å². The van der Waals surface area contributed by atoms with Crippen LogP contribution in [0.15, 0.2) is 11.1 Å². The van der Waals surface area contributed by atoms with Crippen LogP contribution in [0.2, 0.25) is 0 Å². The number of thiophene rings is 1. The van der Waals surface area contributed by atoms with Crippen molar-refractivity contribution in [2.45, 2.75) is 45.1 Å². The van der Waals surface area contributed by atoms with Crippen LogP contribution in [0.4, 0.5) is 0 Å². The van der Waals surface area contributed by atoms with Gasteiger partial charge in [-0.2, -0.15) is 0 Å². The largest absolute Gasteiger partial charge is 0.480 e. The van der Waals surface area contributed by atoms with Gasteiger partial charge in [0.2, 0.25) is 0 Å². The van der Waals surface area contributed by atoms with Crippen LogP contribution in [0.1, 0.15) is 42.7 Å². The minimum Gasteiger partial charge on any atom is -0.480 e. The Kier molecular flexibility index (Phi) is 3.33. The first-order valence-electron chi connectivity index (χ1n) is 6.87. The first kappa shape index (κ1) is 13.3. The van der Waals surface area contributed by atoms with Gasteiger partial charge in [0.1, 0.15) is 10.9 Å². The monoisotopic (exact) mass is 292 g/mol. The molecule has 0 unspecified atom stereocenters. The van der Waals surface area contributed by atoms with Crippen molar-refractivity contribution in [3.63, 3.8) is 0 Å². The summed E-state index contributed by atoms with van der Waals surface area (Å²) in [6.07, 6.45) is 5.90. The van der Waals surface area contributed by atoms with Crippen molar-refractivity contribution in [1.82, 2.24) is 9.55 Å². The lowest BCUT2D eigenvalue weighted by Crippen LogP contribution is -2.29. The molecule has 1 N–H and O–H groups in total. The number of fused-ring (bicyclic) bond motifs is 3. The summed E-state index contributed by atoms with van der Waals surface area (Å²) in [5.41, 5.74) is 0.895. The van der Waals surface area contributed by atoms with E-state index in [0.29, 0.717) is 11.8 Å². The quantitative estimate of drug-likeness (QED) is 0.942. The predicted molar refractivity (Wildman–Crippen MR) is 77.5 cm³/mol. The van der Waals surface area contributed by atoms with E-state index in [2.05, 4.69) is 4.98 Å². The fourth-order valence-corrected chi connectivity index (χ4v) is 4.09. The third-order valence-corrected chi connectivity index (χ3v) is 5.11. The number of aromatic nitrogens is 2. The fraction of sp³-hybridized carbons (Fsp3) is 0.500. The van der Waals surface area contributed by atoms with Crippen LogP contribution in [-0.2, 0) is 17.6 Å². The Labute approximate surface area is 119 Å². The van der Waals surface area contributed by atoms with E-state index in [-0.39, 0.29) is 5.56 Å². The molecule has 2 heterocycles. The van der Waals surface area contributed by atoms with Gasteiger partial charge in [0.25, 0.3) is 5.56 Å². The van der Waals surface area contributed by atoms with Gasteiger partial charge in [0.05, 0.1) is 11.7 Å². The molecule has 106 valence electrons. The maximum Gasteiger partial charge on any atom is 0.326 e. The molecule has 1 aliphatic rings. The number of carbonyl (C=O) groups is 1. The van der Waals surface area contributed by atoms with E-state index >= 15 is 0 Å². The molecule has 1 aliphatic carbocycles. The summed E-state index contributed by atoms with van der Waals surface area (Å²) in [6.45, 7) is 1.76. The third-order valence-electron chi connectivity index (χ3n) is 3.91. The van der Waals surface area contributed by atoms with E-state index in [1.165, 1.54) is 15.8 Å². The minimum absolute atomic E-state index is 0.205. The number of aryl methyl sites for hydroxylation is 2. The van der Waals surface area contributed by atoms with Crippen LogP contribution in [0.3, 0.4) is 0 Å². The summed E-state index contributed by atoms with van der Waals surface area (Å²) in [7, 11) is 0. The average Bonchev–Trinajstić information content (AvgIpc) is 2.81. The van der Waals surface area contributed by atoms with Crippen molar-refractivity contribution >= 4 is 27.5 Å². The van der Waals surface area contributed by atoms with Crippen molar-refractivity contribution in [2.75, 3.05) is 0 Å². The molecule has 0 amide bonds. The number of hydrogen-bond acceptors (Lipinski definition) is 4. The molecule has 0 saturated heterocycles. The van der Waals surface area contributed by atoms with Crippen molar-refractivity contribution < 1.29 is 9.90 Å². The summed E-state index contributed by atoms with van der Waals surface area (Å²) in [4.78, 5) is 30.2. The van der Waals surface area contributed by atoms with Crippen LogP contribution >= 0.6 is 11.3 Å². The second-order valence-electron chi connectivity index (χ2n) is 5.11. The highest BCUT2D eigenvalue weighted by Crippen LogP contribution is 2.33. The zero-order valence-corrected chi connectivity index (χ0v) is 12.1. The van der Waals surface area contributed by atoms with Crippen LogP contribution in [0, 0.1) is 0 Å². The molecule has 1 atom stereocenters. The molecule has 0 fully saturated rings. The zero-order chi connectivity index (χ0) is 14.3. The van der Waals surface area contributed by atoms with Gasteiger partial charge < -0.3 is 5.11 Å². The van der Waals surface area contributed by atoms with Gasteiger partial charge in [0.15, 0.2) is 0 Å². The Bertz CT molecular complexity index is 732. The maximum absolute atomic E-state index is 12.6. The van der Waals surface area contributed by atoms with Crippen LogP contribution in [-0.4, -0.2) is 20.6 Å². The molecule has 6 heteroatoms. The Hall–Kier alpha value is -1.69. The van der Waals surface area contributed by atoms with Crippen molar-refractivity contribution in [2.24, 2.45) is 0 Å². The third kappa shape index (κ3) is 1.95. The SMILES string of the molecule is CC[C@@H](C(=O)O)n1cnc2sc3c(c2c1=O)CCCC3. The highest BCUT2D eigenvalue weighted by atomic mass is 32.1. The summed E-state index contributed by atoms with van der Waals surface area (Å²) < 4.78 is 1.27. The van der Waals surface area contributed by atoms with E-state index in [4.69, 9.17) is 0 Å². The topological polar surface area (TPSA) is 72.2 Å². The summed E-state index contributed by atoms with van der Waals surface area (Å²) in [5, 5.41) is 9.87.